The van der Waals surface area contributed by atoms with E-state index < -0.39 is 10.0 Å². The highest BCUT2D eigenvalue weighted by molar-refractivity contribution is 7.89. The van der Waals surface area contributed by atoms with Gasteiger partial charge in [0.15, 0.2) is 5.78 Å². The lowest BCUT2D eigenvalue weighted by atomic mass is 10.2. The second-order valence-corrected chi connectivity index (χ2v) is 6.02. The molecule has 0 bridgehead atoms. The van der Waals surface area contributed by atoms with Crippen molar-refractivity contribution >= 4 is 15.8 Å². The minimum atomic E-state index is -3.49. The van der Waals surface area contributed by atoms with Crippen LogP contribution in [0.1, 0.15) is 37.6 Å². The number of rotatable bonds is 6. The summed E-state index contributed by atoms with van der Waals surface area (Å²) in [5, 5.41) is 0. The zero-order valence-electron chi connectivity index (χ0n) is 11.0. The highest BCUT2D eigenvalue weighted by atomic mass is 32.2. The summed E-state index contributed by atoms with van der Waals surface area (Å²) in [6.07, 6.45) is 0.763. The highest BCUT2D eigenvalue weighted by Crippen LogP contribution is 2.17. The van der Waals surface area contributed by atoms with Crippen molar-refractivity contribution in [2.75, 3.05) is 13.1 Å². The molecule has 0 atom stereocenters. The highest BCUT2D eigenvalue weighted by Gasteiger charge is 2.22. The van der Waals surface area contributed by atoms with Crippen LogP contribution in [0, 0.1) is 0 Å². The first-order chi connectivity index (χ1) is 8.43. The van der Waals surface area contributed by atoms with E-state index in [0.717, 1.165) is 6.42 Å². The molecule has 1 aromatic carbocycles. The molecule has 4 nitrogen and oxygen atoms in total. The second kappa shape index (κ2) is 6.11. The van der Waals surface area contributed by atoms with Gasteiger partial charge in [0.2, 0.25) is 10.0 Å². The average Bonchev–Trinajstić information content (AvgIpc) is 2.35. The minimum Gasteiger partial charge on any atom is -0.295 e. The number of carbonyl (C=O) groups excluding carboxylic acids is 1. The van der Waals surface area contributed by atoms with Gasteiger partial charge in [0, 0.05) is 18.7 Å². The lowest BCUT2D eigenvalue weighted by Gasteiger charge is -2.19. The lowest BCUT2D eigenvalue weighted by Crippen LogP contribution is -2.31. The van der Waals surface area contributed by atoms with Crippen LogP contribution in [0.3, 0.4) is 0 Å². The molecular weight excluding hydrogens is 250 g/mol. The number of benzene rings is 1. The Balaban J connectivity index is 3.19. The normalized spacial score (nSPS) is 11.8. The van der Waals surface area contributed by atoms with E-state index in [1.54, 1.807) is 12.1 Å². The van der Waals surface area contributed by atoms with E-state index in [1.165, 1.54) is 23.4 Å². The van der Waals surface area contributed by atoms with Crippen LogP contribution in [0.5, 0.6) is 0 Å². The Bertz CT molecular complexity index is 523. The number of sulfonamides is 1. The van der Waals surface area contributed by atoms with Crippen molar-refractivity contribution in [2.45, 2.75) is 32.1 Å². The van der Waals surface area contributed by atoms with E-state index in [4.69, 9.17) is 0 Å². The predicted octanol–water partition coefficient (Wildman–Crippen LogP) is 2.31. The SMILES string of the molecule is CCCN(CC)S(=O)(=O)c1cccc(C(C)=O)c1. The Hall–Kier alpha value is -1.20. The van der Waals surface area contributed by atoms with Gasteiger partial charge in [-0.1, -0.05) is 26.0 Å². The van der Waals surface area contributed by atoms with Gasteiger partial charge in [0.25, 0.3) is 0 Å². The molecule has 0 N–H and O–H groups in total. The summed E-state index contributed by atoms with van der Waals surface area (Å²) in [5.74, 6) is -0.134. The summed E-state index contributed by atoms with van der Waals surface area (Å²) in [6, 6.07) is 6.19. The van der Waals surface area contributed by atoms with Gasteiger partial charge in [-0.05, 0) is 25.5 Å². The minimum absolute atomic E-state index is 0.134. The third-order valence-electron chi connectivity index (χ3n) is 2.70. The maximum Gasteiger partial charge on any atom is 0.243 e. The summed E-state index contributed by atoms with van der Waals surface area (Å²) in [5.41, 5.74) is 0.420. The Morgan fingerprint density at radius 3 is 2.44 bits per heavy atom. The smallest absolute Gasteiger partial charge is 0.243 e. The van der Waals surface area contributed by atoms with Crippen LogP contribution >= 0.6 is 0 Å². The molecule has 0 saturated carbocycles. The van der Waals surface area contributed by atoms with Crippen molar-refractivity contribution in [1.82, 2.24) is 4.31 Å². The van der Waals surface area contributed by atoms with E-state index in [1.807, 2.05) is 13.8 Å². The molecule has 0 aromatic heterocycles. The zero-order valence-corrected chi connectivity index (χ0v) is 11.8. The quantitative estimate of drug-likeness (QED) is 0.745. The van der Waals surface area contributed by atoms with Crippen molar-refractivity contribution in [3.05, 3.63) is 29.8 Å². The van der Waals surface area contributed by atoms with Gasteiger partial charge in [-0.3, -0.25) is 4.79 Å². The van der Waals surface area contributed by atoms with Crippen LogP contribution < -0.4 is 0 Å². The molecule has 18 heavy (non-hydrogen) atoms. The van der Waals surface area contributed by atoms with Crippen molar-refractivity contribution in [1.29, 1.82) is 0 Å². The third-order valence-corrected chi connectivity index (χ3v) is 4.67. The first-order valence-corrected chi connectivity index (χ1v) is 7.48. The molecule has 100 valence electrons. The van der Waals surface area contributed by atoms with Gasteiger partial charge in [-0.25, -0.2) is 8.42 Å². The maximum atomic E-state index is 12.3. The lowest BCUT2D eigenvalue weighted by molar-refractivity contribution is 0.101. The molecule has 1 rings (SSSR count). The number of ketones is 1. The molecule has 5 heteroatoms. The van der Waals surface area contributed by atoms with Gasteiger partial charge >= 0.3 is 0 Å². The first kappa shape index (κ1) is 14.9. The van der Waals surface area contributed by atoms with E-state index >= 15 is 0 Å². The van der Waals surface area contributed by atoms with Gasteiger partial charge in [0.1, 0.15) is 0 Å². The third kappa shape index (κ3) is 3.17. The van der Waals surface area contributed by atoms with Gasteiger partial charge in [0.05, 0.1) is 4.90 Å². The molecule has 0 radical (unpaired) electrons. The van der Waals surface area contributed by atoms with Crippen LogP contribution in [0.4, 0.5) is 0 Å². The Morgan fingerprint density at radius 2 is 1.94 bits per heavy atom. The summed E-state index contributed by atoms with van der Waals surface area (Å²) in [6.45, 7) is 6.09. The fraction of sp³-hybridized carbons (Fsp3) is 0.462. The van der Waals surface area contributed by atoms with Crippen LogP contribution in [0.25, 0.3) is 0 Å². The maximum absolute atomic E-state index is 12.3. The summed E-state index contributed by atoms with van der Waals surface area (Å²) < 4.78 is 26.1. The van der Waals surface area contributed by atoms with Gasteiger partial charge in [-0.15, -0.1) is 0 Å². The monoisotopic (exact) mass is 269 g/mol. The Morgan fingerprint density at radius 1 is 1.28 bits per heavy atom. The number of carbonyl (C=O) groups is 1. The second-order valence-electron chi connectivity index (χ2n) is 4.08. The predicted molar refractivity (Wildman–Crippen MR) is 71.2 cm³/mol. The molecule has 0 amide bonds. The Kier molecular flexibility index (Phi) is 5.04. The summed E-state index contributed by atoms with van der Waals surface area (Å²) in [4.78, 5) is 11.5. The van der Waals surface area contributed by atoms with Crippen molar-refractivity contribution in [2.24, 2.45) is 0 Å². The van der Waals surface area contributed by atoms with Crippen LogP contribution in [-0.2, 0) is 10.0 Å². The standard InChI is InChI=1S/C13H19NO3S/c1-4-9-14(5-2)18(16,17)13-8-6-7-12(10-13)11(3)15/h6-8,10H,4-5,9H2,1-3H3. The molecule has 0 saturated heterocycles. The van der Waals surface area contributed by atoms with E-state index in [9.17, 15) is 13.2 Å². The number of nitrogens with zero attached hydrogens (tertiary/aromatic N) is 1. The fourth-order valence-electron chi connectivity index (χ4n) is 1.72. The molecule has 0 fully saturated rings. The van der Waals surface area contributed by atoms with Crippen LogP contribution in [0.2, 0.25) is 0 Å². The largest absolute Gasteiger partial charge is 0.295 e. The molecule has 1 aromatic rings. The molecule has 0 heterocycles. The fourth-order valence-corrected chi connectivity index (χ4v) is 3.31. The van der Waals surface area contributed by atoms with E-state index in [2.05, 4.69) is 0 Å². The molecule has 0 spiro atoms. The first-order valence-electron chi connectivity index (χ1n) is 6.04. The number of hydrogen-bond donors (Lipinski definition) is 0. The van der Waals surface area contributed by atoms with E-state index in [-0.39, 0.29) is 10.7 Å². The molecule has 0 aliphatic rings. The topological polar surface area (TPSA) is 54.5 Å². The average molecular weight is 269 g/mol. The number of hydrogen-bond acceptors (Lipinski definition) is 3. The van der Waals surface area contributed by atoms with E-state index in [0.29, 0.717) is 18.7 Å². The van der Waals surface area contributed by atoms with Gasteiger partial charge in [-0.2, -0.15) is 4.31 Å². The van der Waals surface area contributed by atoms with Crippen LogP contribution in [0.15, 0.2) is 29.2 Å². The van der Waals surface area contributed by atoms with Crippen molar-refractivity contribution in [3.63, 3.8) is 0 Å². The van der Waals surface area contributed by atoms with Crippen LogP contribution in [-0.4, -0.2) is 31.6 Å². The zero-order chi connectivity index (χ0) is 13.8. The summed E-state index contributed by atoms with van der Waals surface area (Å²) >= 11 is 0. The van der Waals surface area contributed by atoms with Gasteiger partial charge < -0.3 is 0 Å². The molecule has 0 aliphatic heterocycles. The molecule has 0 unspecified atom stereocenters. The molecular formula is C13H19NO3S. The summed E-state index contributed by atoms with van der Waals surface area (Å²) in [7, 11) is -3.49. The molecule has 0 aliphatic carbocycles. The Labute approximate surface area is 109 Å². The number of Topliss-reactive ketones (excluding diaryl/α,β-unsaturated/α-hetero) is 1. The van der Waals surface area contributed by atoms with Crippen molar-refractivity contribution in [3.8, 4) is 0 Å². The van der Waals surface area contributed by atoms with Crippen molar-refractivity contribution < 1.29 is 13.2 Å².